The van der Waals surface area contributed by atoms with E-state index in [1.165, 1.54) is 62.5 Å². The normalized spacial score (nSPS) is 24.5. The predicted molar refractivity (Wildman–Crippen MR) is 101 cm³/mol. The Morgan fingerprint density at radius 3 is 1.88 bits per heavy atom. The summed E-state index contributed by atoms with van der Waals surface area (Å²) in [4.78, 5) is 0. The molecule has 134 valence electrons. The number of aryl methyl sites for hydroxylation is 1. The molecule has 24 heavy (non-hydrogen) atoms. The molecule has 2 aliphatic carbocycles. The van der Waals surface area contributed by atoms with Crippen molar-refractivity contribution in [1.82, 2.24) is 0 Å². The van der Waals surface area contributed by atoms with Crippen LogP contribution in [0.4, 0.5) is 4.39 Å². The van der Waals surface area contributed by atoms with Gasteiger partial charge in [0.25, 0.3) is 0 Å². The van der Waals surface area contributed by atoms with Gasteiger partial charge in [0.15, 0.2) is 0 Å². The zero-order valence-corrected chi connectivity index (χ0v) is 15.7. The predicted octanol–water partition coefficient (Wildman–Crippen LogP) is 7.05. The third-order valence-electron chi connectivity index (χ3n) is 7.35. The van der Waals surface area contributed by atoms with Crippen LogP contribution in [0.1, 0.15) is 89.2 Å². The van der Waals surface area contributed by atoms with E-state index in [0.717, 1.165) is 19.3 Å². The highest BCUT2D eigenvalue weighted by molar-refractivity contribution is 5.23. The van der Waals surface area contributed by atoms with Crippen molar-refractivity contribution in [2.45, 2.75) is 97.1 Å². The standard InChI is InChI=1S/C23H35F/c1-3-19-10-12-20(13-11-19)18-21(24)23(16-8-5-9-17-23)22(2)14-6-4-7-15-22/h10-13,21H,3-9,14-18H2,1-2H3. The Morgan fingerprint density at radius 1 is 0.833 bits per heavy atom. The fourth-order valence-electron chi connectivity index (χ4n) is 5.62. The van der Waals surface area contributed by atoms with Crippen molar-refractivity contribution in [2.75, 3.05) is 0 Å². The molecular weight excluding hydrogens is 295 g/mol. The van der Waals surface area contributed by atoms with Crippen molar-refractivity contribution in [2.24, 2.45) is 10.8 Å². The minimum atomic E-state index is -0.687. The van der Waals surface area contributed by atoms with Gasteiger partial charge in [-0.15, -0.1) is 0 Å². The zero-order valence-electron chi connectivity index (χ0n) is 15.7. The van der Waals surface area contributed by atoms with Gasteiger partial charge in [0.1, 0.15) is 6.17 Å². The van der Waals surface area contributed by atoms with Gasteiger partial charge in [-0.25, -0.2) is 4.39 Å². The maximum Gasteiger partial charge on any atom is 0.110 e. The summed E-state index contributed by atoms with van der Waals surface area (Å²) in [6.07, 6.45) is 13.4. The van der Waals surface area contributed by atoms with Gasteiger partial charge in [-0.1, -0.05) is 76.6 Å². The van der Waals surface area contributed by atoms with Crippen molar-refractivity contribution in [3.8, 4) is 0 Å². The Hall–Kier alpha value is -0.850. The second-order valence-corrected chi connectivity index (χ2v) is 8.68. The van der Waals surface area contributed by atoms with Crippen LogP contribution in [0.2, 0.25) is 0 Å². The molecule has 0 amide bonds. The van der Waals surface area contributed by atoms with Gasteiger partial charge in [-0.2, -0.15) is 0 Å². The largest absolute Gasteiger partial charge is 0.246 e. The van der Waals surface area contributed by atoms with Crippen LogP contribution in [0, 0.1) is 10.8 Å². The van der Waals surface area contributed by atoms with E-state index in [0.29, 0.717) is 6.42 Å². The number of hydrogen-bond donors (Lipinski definition) is 0. The van der Waals surface area contributed by atoms with Crippen LogP contribution in [0.25, 0.3) is 0 Å². The van der Waals surface area contributed by atoms with Gasteiger partial charge in [-0.3, -0.25) is 0 Å². The van der Waals surface area contributed by atoms with E-state index in [9.17, 15) is 0 Å². The smallest absolute Gasteiger partial charge is 0.110 e. The molecule has 0 spiro atoms. The van der Waals surface area contributed by atoms with Crippen molar-refractivity contribution in [3.63, 3.8) is 0 Å². The molecule has 0 aromatic heterocycles. The van der Waals surface area contributed by atoms with Crippen LogP contribution in [-0.4, -0.2) is 6.17 Å². The highest BCUT2D eigenvalue weighted by atomic mass is 19.1. The summed E-state index contributed by atoms with van der Waals surface area (Å²) in [5, 5.41) is 0. The molecule has 0 radical (unpaired) electrons. The molecule has 1 atom stereocenters. The van der Waals surface area contributed by atoms with E-state index in [1.807, 2.05) is 0 Å². The van der Waals surface area contributed by atoms with Crippen LogP contribution in [0.5, 0.6) is 0 Å². The van der Waals surface area contributed by atoms with Crippen LogP contribution in [0.15, 0.2) is 24.3 Å². The third-order valence-corrected chi connectivity index (χ3v) is 7.35. The van der Waals surface area contributed by atoms with Gasteiger partial charge in [0, 0.05) is 11.8 Å². The molecule has 1 aromatic carbocycles. The molecule has 2 fully saturated rings. The fourth-order valence-corrected chi connectivity index (χ4v) is 5.62. The van der Waals surface area contributed by atoms with E-state index >= 15 is 4.39 Å². The van der Waals surface area contributed by atoms with Crippen LogP contribution in [0.3, 0.4) is 0 Å². The minimum absolute atomic E-state index is 0.0743. The summed E-state index contributed by atoms with van der Waals surface area (Å²) in [7, 11) is 0. The molecule has 1 unspecified atom stereocenters. The highest BCUT2D eigenvalue weighted by Gasteiger charge is 2.53. The average molecular weight is 331 g/mol. The first-order valence-electron chi connectivity index (χ1n) is 10.3. The van der Waals surface area contributed by atoms with Crippen LogP contribution in [-0.2, 0) is 12.8 Å². The van der Waals surface area contributed by atoms with E-state index in [2.05, 4.69) is 38.1 Å². The molecule has 0 N–H and O–H groups in total. The highest BCUT2D eigenvalue weighted by Crippen LogP contribution is 2.59. The lowest BCUT2D eigenvalue weighted by molar-refractivity contribution is -0.0796. The first-order valence-corrected chi connectivity index (χ1v) is 10.3. The number of rotatable bonds is 5. The second-order valence-electron chi connectivity index (χ2n) is 8.68. The van der Waals surface area contributed by atoms with Gasteiger partial charge >= 0.3 is 0 Å². The number of hydrogen-bond acceptors (Lipinski definition) is 0. The van der Waals surface area contributed by atoms with E-state index < -0.39 is 6.17 Å². The molecule has 1 aromatic rings. The number of halogens is 1. The van der Waals surface area contributed by atoms with Gasteiger partial charge < -0.3 is 0 Å². The van der Waals surface area contributed by atoms with Crippen molar-refractivity contribution < 1.29 is 4.39 Å². The molecule has 2 aliphatic rings. The summed E-state index contributed by atoms with van der Waals surface area (Å²) in [6.45, 7) is 4.60. The molecule has 0 aliphatic heterocycles. The van der Waals surface area contributed by atoms with Crippen LogP contribution < -0.4 is 0 Å². The van der Waals surface area contributed by atoms with Gasteiger partial charge in [-0.05, 0) is 48.6 Å². The SMILES string of the molecule is CCc1ccc(CC(F)C2(C3(C)CCCCC3)CCCCC2)cc1. The van der Waals surface area contributed by atoms with Crippen molar-refractivity contribution in [3.05, 3.63) is 35.4 Å². The molecule has 0 saturated heterocycles. The van der Waals surface area contributed by atoms with Gasteiger partial charge in [0.05, 0.1) is 0 Å². The minimum Gasteiger partial charge on any atom is -0.246 e. The second kappa shape index (κ2) is 7.58. The Morgan fingerprint density at radius 2 is 1.33 bits per heavy atom. The molecule has 3 rings (SSSR count). The van der Waals surface area contributed by atoms with Gasteiger partial charge in [0.2, 0.25) is 0 Å². The average Bonchev–Trinajstić information content (AvgIpc) is 2.63. The van der Waals surface area contributed by atoms with E-state index in [1.54, 1.807) is 0 Å². The lowest BCUT2D eigenvalue weighted by Gasteiger charge is -2.55. The van der Waals surface area contributed by atoms with Crippen molar-refractivity contribution >= 4 is 0 Å². The summed E-state index contributed by atoms with van der Waals surface area (Å²) in [5.74, 6) is 0. The molecule has 0 bridgehead atoms. The van der Waals surface area contributed by atoms with Crippen molar-refractivity contribution in [1.29, 1.82) is 0 Å². The first kappa shape index (κ1) is 18.0. The molecule has 1 heteroatoms. The summed E-state index contributed by atoms with van der Waals surface area (Å²) < 4.78 is 15.8. The summed E-state index contributed by atoms with van der Waals surface area (Å²) in [5.41, 5.74) is 2.67. The topological polar surface area (TPSA) is 0 Å². The Bertz CT molecular complexity index is 503. The lowest BCUT2D eigenvalue weighted by Crippen LogP contribution is -2.50. The van der Waals surface area contributed by atoms with Crippen LogP contribution >= 0.6 is 0 Å². The zero-order chi connectivity index (χ0) is 17.0. The maximum absolute atomic E-state index is 15.8. The molecule has 0 heterocycles. The van der Waals surface area contributed by atoms with E-state index in [-0.39, 0.29) is 10.8 Å². The molecule has 0 nitrogen and oxygen atoms in total. The molecular formula is C23H35F. The monoisotopic (exact) mass is 330 g/mol. The third kappa shape index (κ3) is 3.41. The quantitative estimate of drug-likeness (QED) is 0.542. The maximum atomic E-state index is 15.8. The number of alkyl halides is 1. The molecule has 2 saturated carbocycles. The Labute approximate surface area is 148 Å². The lowest BCUT2D eigenvalue weighted by atomic mass is 9.51. The Balaban J connectivity index is 1.81. The number of benzene rings is 1. The van der Waals surface area contributed by atoms with E-state index in [4.69, 9.17) is 0 Å². The fraction of sp³-hybridized carbons (Fsp3) is 0.739. The summed E-state index contributed by atoms with van der Waals surface area (Å²) >= 11 is 0. The summed E-state index contributed by atoms with van der Waals surface area (Å²) in [6, 6.07) is 8.67. The Kier molecular flexibility index (Phi) is 5.67. The first-order chi connectivity index (χ1) is 11.6.